The normalized spacial score (nSPS) is 14.1. The maximum absolute atomic E-state index is 13.0. The summed E-state index contributed by atoms with van der Waals surface area (Å²) in [6, 6.07) is 16.4. The number of carboxylic acid groups (broad SMARTS) is 1. The Morgan fingerprint density at radius 1 is 1.06 bits per heavy atom. The molecule has 0 bridgehead atoms. The first kappa shape index (κ1) is 22.2. The van der Waals surface area contributed by atoms with Crippen LogP contribution < -0.4 is 10.6 Å². The topological polar surface area (TPSA) is 94.6 Å². The van der Waals surface area contributed by atoms with E-state index in [0.717, 1.165) is 30.9 Å². The van der Waals surface area contributed by atoms with E-state index in [1.807, 2.05) is 18.2 Å². The third-order valence-corrected chi connectivity index (χ3v) is 5.74. The van der Waals surface area contributed by atoms with Crippen LogP contribution >= 0.6 is 0 Å². The molecule has 2 aromatic carbocycles. The molecule has 0 unspecified atom stereocenters. The summed E-state index contributed by atoms with van der Waals surface area (Å²) < 4.78 is 0. The van der Waals surface area contributed by atoms with Crippen LogP contribution in [-0.4, -0.2) is 40.0 Å². The van der Waals surface area contributed by atoms with Gasteiger partial charge in [0.05, 0.1) is 16.8 Å². The Bertz CT molecular complexity index is 1200. The second-order valence-corrected chi connectivity index (χ2v) is 7.79. The minimum atomic E-state index is -1.05. The van der Waals surface area contributed by atoms with Gasteiger partial charge in [-0.1, -0.05) is 26.0 Å². The molecule has 0 fully saturated rings. The first-order valence-corrected chi connectivity index (χ1v) is 10.9. The Balaban J connectivity index is 1.75. The molecule has 2 heterocycles. The number of nitrogens with one attached hydrogen (secondary N) is 2. The molecule has 7 heteroatoms. The largest absolute Gasteiger partial charge is 0.478 e. The Morgan fingerprint density at radius 3 is 2.45 bits per heavy atom. The summed E-state index contributed by atoms with van der Waals surface area (Å²) in [6.07, 6.45) is 3.34. The standard InChI is InChI=1S/C26H26N4O3/c1-3-30(4-2)16-17-7-10-20(11-8-17)28-24(19-6-5-13-27-15-19)23-21-14-18(26(32)33)9-12-22(21)29-25(23)31/h5-15,28H,3-4,16H2,1-2H3,(H,29,31)(H,32,33)/b24-23-. The molecule has 1 amide bonds. The number of benzene rings is 2. The summed E-state index contributed by atoms with van der Waals surface area (Å²) in [5, 5.41) is 15.7. The summed E-state index contributed by atoms with van der Waals surface area (Å²) in [5.41, 5.74) is 4.95. The fourth-order valence-electron chi connectivity index (χ4n) is 3.88. The molecule has 3 N–H and O–H groups in total. The van der Waals surface area contributed by atoms with Gasteiger partial charge in [-0.2, -0.15) is 0 Å². The highest BCUT2D eigenvalue weighted by Gasteiger charge is 2.29. The van der Waals surface area contributed by atoms with E-state index in [4.69, 9.17) is 0 Å². The van der Waals surface area contributed by atoms with Crippen LogP contribution in [0.15, 0.2) is 67.0 Å². The lowest BCUT2D eigenvalue weighted by Gasteiger charge is -2.19. The van der Waals surface area contributed by atoms with Crippen molar-refractivity contribution in [1.82, 2.24) is 9.88 Å². The van der Waals surface area contributed by atoms with E-state index in [9.17, 15) is 14.7 Å². The summed E-state index contributed by atoms with van der Waals surface area (Å²) >= 11 is 0. The van der Waals surface area contributed by atoms with E-state index in [1.54, 1.807) is 24.5 Å². The van der Waals surface area contributed by atoms with Gasteiger partial charge in [-0.05, 0) is 61.1 Å². The highest BCUT2D eigenvalue weighted by molar-refractivity contribution is 6.37. The van der Waals surface area contributed by atoms with E-state index < -0.39 is 5.97 Å². The lowest BCUT2D eigenvalue weighted by molar-refractivity contribution is -0.110. The zero-order valence-corrected chi connectivity index (χ0v) is 18.6. The maximum atomic E-state index is 13.0. The highest BCUT2D eigenvalue weighted by Crippen LogP contribution is 2.38. The van der Waals surface area contributed by atoms with Crippen molar-refractivity contribution < 1.29 is 14.7 Å². The van der Waals surface area contributed by atoms with Gasteiger partial charge < -0.3 is 15.7 Å². The van der Waals surface area contributed by atoms with Gasteiger partial charge >= 0.3 is 5.97 Å². The summed E-state index contributed by atoms with van der Waals surface area (Å²) in [7, 11) is 0. The van der Waals surface area contributed by atoms with Crippen LogP contribution in [-0.2, 0) is 11.3 Å². The van der Waals surface area contributed by atoms with Crippen LogP contribution in [0.25, 0.3) is 11.3 Å². The lowest BCUT2D eigenvalue weighted by Crippen LogP contribution is -2.22. The number of anilines is 2. The van der Waals surface area contributed by atoms with Crippen LogP contribution in [0.1, 0.15) is 40.9 Å². The van der Waals surface area contributed by atoms with Crippen LogP contribution in [0, 0.1) is 0 Å². The number of aromatic nitrogens is 1. The van der Waals surface area contributed by atoms with Crippen molar-refractivity contribution in [3.63, 3.8) is 0 Å². The van der Waals surface area contributed by atoms with Gasteiger partial charge in [0.1, 0.15) is 0 Å². The number of pyridine rings is 1. The Hall–Kier alpha value is -3.97. The zero-order valence-electron chi connectivity index (χ0n) is 18.6. The van der Waals surface area contributed by atoms with Gasteiger partial charge in [0.15, 0.2) is 0 Å². The van der Waals surface area contributed by atoms with Crippen molar-refractivity contribution in [2.75, 3.05) is 23.7 Å². The second-order valence-electron chi connectivity index (χ2n) is 7.79. The van der Waals surface area contributed by atoms with E-state index in [0.29, 0.717) is 22.5 Å². The van der Waals surface area contributed by atoms with Crippen LogP contribution in [0.3, 0.4) is 0 Å². The third kappa shape index (κ3) is 4.78. The molecule has 1 aliphatic rings. The third-order valence-electron chi connectivity index (χ3n) is 5.74. The average Bonchev–Trinajstić information content (AvgIpc) is 3.17. The molecule has 168 valence electrons. The van der Waals surface area contributed by atoms with E-state index in [1.165, 1.54) is 17.7 Å². The van der Waals surface area contributed by atoms with Gasteiger partial charge in [-0.25, -0.2) is 4.79 Å². The molecule has 4 rings (SSSR count). The predicted octanol–water partition coefficient (Wildman–Crippen LogP) is 4.55. The van der Waals surface area contributed by atoms with E-state index in [2.05, 4.69) is 46.5 Å². The smallest absolute Gasteiger partial charge is 0.335 e. The molecule has 0 spiro atoms. The van der Waals surface area contributed by atoms with Crippen molar-refractivity contribution in [1.29, 1.82) is 0 Å². The molecule has 3 aromatic rings. The fraction of sp³-hybridized carbons (Fsp3) is 0.192. The van der Waals surface area contributed by atoms with Crippen molar-refractivity contribution in [2.45, 2.75) is 20.4 Å². The number of rotatable bonds is 8. The molecule has 0 saturated carbocycles. The number of fused-ring (bicyclic) bond motifs is 1. The monoisotopic (exact) mass is 442 g/mol. The van der Waals surface area contributed by atoms with Crippen LogP contribution in [0.5, 0.6) is 0 Å². The predicted molar refractivity (Wildman–Crippen MR) is 130 cm³/mol. The highest BCUT2D eigenvalue weighted by atomic mass is 16.4. The van der Waals surface area contributed by atoms with Gasteiger partial charge in [0.2, 0.25) is 0 Å². The van der Waals surface area contributed by atoms with Crippen molar-refractivity contribution in [2.24, 2.45) is 0 Å². The molecule has 1 aliphatic heterocycles. The molecule has 1 aromatic heterocycles. The van der Waals surface area contributed by atoms with Crippen molar-refractivity contribution in [3.05, 3.63) is 89.2 Å². The molecule has 0 aliphatic carbocycles. The number of nitrogens with zero attached hydrogens (tertiary/aromatic N) is 2. The Morgan fingerprint density at radius 2 is 1.82 bits per heavy atom. The van der Waals surface area contributed by atoms with Crippen molar-refractivity contribution in [3.8, 4) is 0 Å². The van der Waals surface area contributed by atoms with Gasteiger partial charge in [0, 0.05) is 41.4 Å². The molecule has 7 nitrogen and oxygen atoms in total. The average molecular weight is 443 g/mol. The molecular weight excluding hydrogens is 416 g/mol. The molecule has 0 radical (unpaired) electrons. The van der Waals surface area contributed by atoms with Gasteiger partial charge in [-0.15, -0.1) is 0 Å². The number of carbonyl (C=O) groups excluding carboxylic acids is 1. The number of hydrogen-bond donors (Lipinski definition) is 3. The van der Waals surface area contributed by atoms with Crippen LogP contribution in [0.2, 0.25) is 0 Å². The molecule has 0 atom stereocenters. The summed E-state index contributed by atoms with van der Waals surface area (Å²) in [4.78, 5) is 31.0. The number of aromatic carboxylic acids is 1. The fourth-order valence-corrected chi connectivity index (χ4v) is 3.88. The van der Waals surface area contributed by atoms with E-state index >= 15 is 0 Å². The Labute approximate surface area is 192 Å². The zero-order chi connectivity index (χ0) is 23.4. The number of carboxylic acids is 1. The molecule has 33 heavy (non-hydrogen) atoms. The van der Waals surface area contributed by atoms with Crippen LogP contribution in [0.4, 0.5) is 11.4 Å². The van der Waals surface area contributed by atoms with E-state index in [-0.39, 0.29) is 11.5 Å². The van der Waals surface area contributed by atoms with Crippen molar-refractivity contribution >= 4 is 34.5 Å². The lowest BCUT2D eigenvalue weighted by atomic mass is 9.99. The number of hydrogen-bond acceptors (Lipinski definition) is 5. The number of carbonyl (C=O) groups is 2. The SMILES string of the molecule is CCN(CC)Cc1ccc(N/C(=C2\C(=O)Nc3ccc(C(=O)O)cc32)c2cccnc2)cc1. The van der Waals surface area contributed by atoms with Gasteiger partial charge in [0.25, 0.3) is 5.91 Å². The van der Waals surface area contributed by atoms with Gasteiger partial charge in [-0.3, -0.25) is 14.7 Å². The quantitative estimate of drug-likeness (QED) is 0.443. The first-order chi connectivity index (χ1) is 16.0. The minimum Gasteiger partial charge on any atom is -0.478 e. The minimum absolute atomic E-state index is 0.119. The Kier molecular flexibility index (Phi) is 6.51. The molecule has 0 saturated heterocycles. The summed E-state index contributed by atoms with van der Waals surface area (Å²) in [6.45, 7) is 7.14. The first-order valence-electron chi connectivity index (χ1n) is 10.9. The summed E-state index contributed by atoms with van der Waals surface area (Å²) in [5.74, 6) is -1.34. The number of amides is 1. The second kappa shape index (κ2) is 9.67. The maximum Gasteiger partial charge on any atom is 0.335 e. The molecular formula is C26H26N4O3.